The lowest BCUT2D eigenvalue weighted by Gasteiger charge is -2.19. The summed E-state index contributed by atoms with van der Waals surface area (Å²) < 4.78 is 27.7. The van der Waals surface area contributed by atoms with Gasteiger partial charge in [0.2, 0.25) is 0 Å². The highest BCUT2D eigenvalue weighted by Crippen LogP contribution is 2.25. The van der Waals surface area contributed by atoms with Crippen molar-refractivity contribution in [3.63, 3.8) is 0 Å². The molecule has 0 spiro atoms. The third-order valence-corrected chi connectivity index (χ3v) is 2.99. The molecule has 21 heavy (non-hydrogen) atoms. The predicted molar refractivity (Wildman–Crippen MR) is 73.2 cm³/mol. The largest absolute Gasteiger partial charge is 0.478 e. The van der Waals surface area contributed by atoms with Crippen molar-refractivity contribution in [3.8, 4) is 0 Å². The molecule has 4 nitrogen and oxygen atoms in total. The lowest BCUT2D eigenvalue weighted by molar-refractivity contribution is 0.0695. The Morgan fingerprint density at radius 3 is 2.19 bits per heavy atom. The average Bonchev–Trinajstić information content (AvgIpc) is 2.47. The van der Waals surface area contributed by atoms with Gasteiger partial charge in [0.25, 0.3) is 0 Å². The zero-order valence-electron chi connectivity index (χ0n) is 10.9. The maximum atomic E-state index is 13.8. The van der Waals surface area contributed by atoms with Crippen LogP contribution in [0.3, 0.4) is 0 Å². The molecule has 0 bridgehead atoms. The minimum absolute atomic E-state index is 0.371. The van der Waals surface area contributed by atoms with Crippen molar-refractivity contribution in [1.82, 2.24) is 0 Å². The number of benzene rings is 2. The number of hydrogen-bond acceptors (Lipinski definition) is 3. The van der Waals surface area contributed by atoms with Crippen molar-refractivity contribution in [2.75, 3.05) is 11.9 Å². The van der Waals surface area contributed by atoms with Gasteiger partial charge in [-0.3, -0.25) is 0 Å². The molecule has 6 heteroatoms. The normalized spacial score (nSPS) is 12.0. The number of anilines is 1. The molecule has 2 rings (SSSR count). The Kier molecular flexibility index (Phi) is 4.49. The number of nitrogens with one attached hydrogen (secondary N) is 1. The van der Waals surface area contributed by atoms with Crippen LogP contribution in [0.4, 0.5) is 14.5 Å². The van der Waals surface area contributed by atoms with E-state index < -0.39 is 34.9 Å². The standard InChI is InChI=1S/C15H13F2NO3/c16-11-6-10(15(20)21)7-12(17)14(11)18-13(8-19)9-4-2-1-3-5-9/h1-7,13,18-19H,8H2,(H,20,21). The highest BCUT2D eigenvalue weighted by molar-refractivity contribution is 5.88. The Hall–Kier alpha value is -2.47. The van der Waals surface area contributed by atoms with Crippen LogP contribution >= 0.6 is 0 Å². The van der Waals surface area contributed by atoms with Crippen LogP contribution in [-0.2, 0) is 0 Å². The summed E-state index contributed by atoms with van der Waals surface area (Å²) in [6, 6.07) is 9.41. The van der Waals surface area contributed by atoms with E-state index >= 15 is 0 Å². The molecule has 2 aromatic rings. The smallest absolute Gasteiger partial charge is 0.335 e. The highest BCUT2D eigenvalue weighted by atomic mass is 19.1. The van der Waals surface area contributed by atoms with E-state index in [4.69, 9.17) is 5.11 Å². The summed E-state index contributed by atoms with van der Waals surface area (Å²) >= 11 is 0. The molecule has 0 aliphatic carbocycles. The molecule has 0 radical (unpaired) electrons. The summed E-state index contributed by atoms with van der Waals surface area (Å²) in [5.74, 6) is -3.47. The van der Waals surface area contributed by atoms with Gasteiger partial charge in [0, 0.05) is 0 Å². The number of aliphatic hydroxyl groups excluding tert-OH is 1. The van der Waals surface area contributed by atoms with Crippen LogP contribution in [0.2, 0.25) is 0 Å². The molecule has 110 valence electrons. The quantitative estimate of drug-likeness (QED) is 0.793. The fourth-order valence-electron chi connectivity index (χ4n) is 1.93. The van der Waals surface area contributed by atoms with Crippen molar-refractivity contribution < 1.29 is 23.8 Å². The number of rotatable bonds is 5. The van der Waals surface area contributed by atoms with Crippen molar-refractivity contribution in [3.05, 3.63) is 65.2 Å². The molecule has 0 amide bonds. The average molecular weight is 293 g/mol. The topological polar surface area (TPSA) is 69.6 Å². The molecular weight excluding hydrogens is 280 g/mol. The first kappa shape index (κ1) is 14.9. The Balaban J connectivity index is 2.32. The van der Waals surface area contributed by atoms with Crippen molar-refractivity contribution in [2.24, 2.45) is 0 Å². The van der Waals surface area contributed by atoms with Crippen LogP contribution in [0.25, 0.3) is 0 Å². The summed E-state index contributed by atoms with van der Waals surface area (Å²) in [5, 5.41) is 20.7. The van der Waals surface area contributed by atoms with Crippen molar-refractivity contribution >= 4 is 11.7 Å². The minimum Gasteiger partial charge on any atom is -0.478 e. The monoisotopic (exact) mass is 293 g/mol. The summed E-state index contributed by atoms with van der Waals surface area (Å²) in [4.78, 5) is 10.7. The van der Waals surface area contributed by atoms with Gasteiger partial charge in [-0.15, -0.1) is 0 Å². The maximum Gasteiger partial charge on any atom is 0.335 e. The molecule has 0 aliphatic rings. The fraction of sp³-hybridized carbons (Fsp3) is 0.133. The number of carboxylic acids is 1. The summed E-state index contributed by atoms with van der Waals surface area (Å²) in [7, 11) is 0. The van der Waals surface area contributed by atoms with Crippen LogP contribution < -0.4 is 5.32 Å². The van der Waals surface area contributed by atoms with Crippen molar-refractivity contribution in [2.45, 2.75) is 6.04 Å². The number of carboxylic acid groups (broad SMARTS) is 1. The van der Waals surface area contributed by atoms with Crippen LogP contribution in [0, 0.1) is 11.6 Å². The first-order valence-electron chi connectivity index (χ1n) is 6.17. The van der Waals surface area contributed by atoms with Crippen molar-refractivity contribution in [1.29, 1.82) is 0 Å². The third kappa shape index (κ3) is 3.35. The molecular formula is C15H13F2NO3. The Morgan fingerprint density at radius 2 is 1.71 bits per heavy atom. The first-order valence-corrected chi connectivity index (χ1v) is 6.17. The fourth-order valence-corrected chi connectivity index (χ4v) is 1.93. The highest BCUT2D eigenvalue weighted by Gasteiger charge is 2.18. The van der Waals surface area contributed by atoms with Gasteiger partial charge in [-0.25, -0.2) is 13.6 Å². The Morgan fingerprint density at radius 1 is 1.14 bits per heavy atom. The molecule has 0 saturated carbocycles. The van der Waals surface area contributed by atoms with E-state index in [1.54, 1.807) is 30.3 Å². The maximum absolute atomic E-state index is 13.8. The van der Waals surface area contributed by atoms with Gasteiger partial charge in [-0.05, 0) is 17.7 Å². The number of carbonyl (C=O) groups is 1. The summed E-state index contributed by atoms with van der Waals surface area (Å²) in [6.07, 6.45) is 0. The zero-order chi connectivity index (χ0) is 15.4. The third-order valence-electron chi connectivity index (χ3n) is 2.99. The van der Waals surface area contributed by atoms with Crippen LogP contribution in [0.15, 0.2) is 42.5 Å². The molecule has 0 aliphatic heterocycles. The second kappa shape index (κ2) is 6.32. The molecule has 2 aromatic carbocycles. The van der Waals surface area contributed by atoms with Gasteiger partial charge in [0.15, 0.2) is 0 Å². The van der Waals surface area contributed by atoms with Gasteiger partial charge in [-0.2, -0.15) is 0 Å². The van der Waals surface area contributed by atoms with Crippen LogP contribution in [0.5, 0.6) is 0 Å². The zero-order valence-corrected chi connectivity index (χ0v) is 10.9. The van der Waals surface area contributed by atoms with E-state index in [2.05, 4.69) is 5.32 Å². The number of halogens is 2. The van der Waals surface area contributed by atoms with Gasteiger partial charge in [-0.1, -0.05) is 30.3 Å². The lowest BCUT2D eigenvalue weighted by Crippen LogP contribution is -2.17. The van der Waals surface area contributed by atoms with E-state index in [-0.39, 0.29) is 6.61 Å². The minimum atomic E-state index is -1.42. The summed E-state index contributed by atoms with van der Waals surface area (Å²) in [6.45, 7) is -0.371. The number of hydrogen-bond donors (Lipinski definition) is 3. The number of aromatic carboxylic acids is 1. The van der Waals surface area contributed by atoms with E-state index in [0.29, 0.717) is 5.56 Å². The first-order chi connectivity index (χ1) is 10.0. The second-order valence-electron chi connectivity index (χ2n) is 4.41. The Bertz CT molecular complexity index is 624. The second-order valence-corrected chi connectivity index (χ2v) is 4.41. The Labute approximate surface area is 119 Å². The molecule has 3 N–H and O–H groups in total. The molecule has 0 aromatic heterocycles. The molecule has 1 atom stereocenters. The summed E-state index contributed by atoms with van der Waals surface area (Å²) in [5.41, 5.74) is -0.292. The van der Waals surface area contributed by atoms with E-state index in [9.17, 15) is 18.7 Å². The lowest BCUT2D eigenvalue weighted by atomic mass is 10.1. The number of aliphatic hydroxyl groups is 1. The van der Waals surface area contributed by atoms with E-state index in [0.717, 1.165) is 12.1 Å². The van der Waals surface area contributed by atoms with Gasteiger partial charge in [0.1, 0.15) is 17.3 Å². The van der Waals surface area contributed by atoms with E-state index in [1.165, 1.54) is 0 Å². The van der Waals surface area contributed by atoms with E-state index in [1.807, 2.05) is 0 Å². The molecule has 1 unspecified atom stereocenters. The van der Waals surface area contributed by atoms with Crippen LogP contribution in [0.1, 0.15) is 22.0 Å². The van der Waals surface area contributed by atoms with Gasteiger partial charge in [0.05, 0.1) is 18.2 Å². The predicted octanol–water partition coefficient (Wildman–Crippen LogP) is 2.81. The van der Waals surface area contributed by atoms with Gasteiger partial charge >= 0.3 is 5.97 Å². The van der Waals surface area contributed by atoms with Gasteiger partial charge < -0.3 is 15.5 Å². The van der Waals surface area contributed by atoms with Crippen LogP contribution in [-0.4, -0.2) is 22.8 Å². The molecule has 0 fully saturated rings. The molecule has 0 saturated heterocycles. The molecule has 0 heterocycles. The SMILES string of the molecule is O=C(O)c1cc(F)c(NC(CO)c2ccccc2)c(F)c1.